The Balaban J connectivity index is 1.61. The van der Waals surface area contributed by atoms with Gasteiger partial charge in [0.15, 0.2) is 9.84 Å². The first-order valence-electron chi connectivity index (χ1n) is 9.78. The Kier molecular flexibility index (Phi) is 5.36. The fraction of sp³-hybridized carbons (Fsp3) is 0.227. The SMILES string of the molecule is Cc1cccc(-n2nc3c(c2NC(=O)C(=O)N[C@H](C)c2ccccc2)CS(=O)(=O)C3)c1. The minimum Gasteiger partial charge on any atom is -0.341 e. The third-order valence-electron chi connectivity index (χ3n) is 5.12. The number of nitrogens with one attached hydrogen (secondary N) is 2. The van der Waals surface area contributed by atoms with Crippen LogP contribution >= 0.6 is 0 Å². The number of sulfone groups is 1. The van der Waals surface area contributed by atoms with Gasteiger partial charge in [-0.1, -0.05) is 42.5 Å². The van der Waals surface area contributed by atoms with E-state index in [4.69, 9.17) is 0 Å². The zero-order chi connectivity index (χ0) is 22.2. The Labute approximate surface area is 180 Å². The van der Waals surface area contributed by atoms with Crippen molar-refractivity contribution >= 4 is 27.5 Å². The number of fused-ring (bicyclic) bond motifs is 1. The molecule has 1 aromatic heterocycles. The molecule has 0 unspecified atom stereocenters. The maximum Gasteiger partial charge on any atom is 0.314 e. The molecule has 3 aromatic rings. The molecule has 2 aromatic carbocycles. The molecule has 2 N–H and O–H groups in total. The van der Waals surface area contributed by atoms with E-state index in [1.807, 2.05) is 55.5 Å². The summed E-state index contributed by atoms with van der Waals surface area (Å²) in [6.07, 6.45) is 0. The quantitative estimate of drug-likeness (QED) is 0.608. The van der Waals surface area contributed by atoms with E-state index < -0.39 is 21.7 Å². The molecular formula is C22H22N4O4S. The summed E-state index contributed by atoms with van der Waals surface area (Å²) in [5, 5.41) is 9.66. The Bertz CT molecular complexity index is 1270. The van der Waals surface area contributed by atoms with Crippen molar-refractivity contribution < 1.29 is 18.0 Å². The summed E-state index contributed by atoms with van der Waals surface area (Å²) < 4.78 is 25.7. The van der Waals surface area contributed by atoms with Gasteiger partial charge in [0.05, 0.1) is 28.9 Å². The average Bonchev–Trinajstić information content (AvgIpc) is 3.21. The van der Waals surface area contributed by atoms with E-state index in [1.165, 1.54) is 4.68 Å². The summed E-state index contributed by atoms with van der Waals surface area (Å²) in [5.74, 6) is -1.92. The number of amides is 2. The van der Waals surface area contributed by atoms with Gasteiger partial charge in [-0.3, -0.25) is 9.59 Å². The summed E-state index contributed by atoms with van der Waals surface area (Å²) in [5.41, 5.74) is 3.31. The van der Waals surface area contributed by atoms with Gasteiger partial charge in [0.1, 0.15) is 5.82 Å². The molecule has 160 valence electrons. The molecule has 4 rings (SSSR count). The van der Waals surface area contributed by atoms with Gasteiger partial charge < -0.3 is 10.6 Å². The number of aryl methyl sites for hydroxylation is 1. The third-order valence-corrected chi connectivity index (χ3v) is 6.56. The second-order valence-electron chi connectivity index (χ2n) is 7.62. The van der Waals surface area contributed by atoms with Crippen LogP contribution in [0.1, 0.15) is 35.3 Å². The molecule has 0 radical (unpaired) electrons. The highest BCUT2D eigenvalue weighted by Crippen LogP contribution is 2.33. The van der Waals surface area contributed by atoms with Gasteiger partial charge in [0.25, 0.3) is 0 Å². The lowest BCUT2D eigenvalue weighted by atomic mass is 10.1. The normalized spacial score (nSPS) is 15.2. The minimum atomic E-state index is -3.33. The van der Waals surface area contributed by atoms with Crippen molar-refractivity contribution in [3.63, 3.8) is 0 Å². The summed E-state index contributed by atoms with van der Waals surface area (Å²) in [6, 6.07) is 16.3. The van der Waals surface area contributed by atoms with E-state index in [9.17, 15) is 18.0 Å². The Morgan fingerprint density at radius 2 is 1.77 bits per heavy atom. The molecule has 0 saturated heterocycles. The number of carbonyl (C=O) groups excluding carboxylic acids is 2. The number of rotatable bonds is 4. The van der Waals surface area contributed by atoms with Crippen LogP contribution in [0.4, 0.5) is 5.82 Å². The molecule has 9 heteroatoms. The molecule has 1 aliphatic rings. The van der Waals surface area contributed by atoms with Crippen molar-refractivity contribution in [3.05, 3.63) is 77.0 Å². The van der Waals surface area contributed by atoms with Crippen LogP contribution in [0.2, 0.25) is 0 Å². The highest BCUT2D eigenvalue weighted by Gasteiger charge is 2.34. The molecule has 0 saturated carbocycles. The lowest BCUT2D eigenvalue weighted by Crippen LogP contribution is -2.37. The van der Waals surface area contributed by atoms with E-state index in [1.54, 1.807) is 13.0 Å². The lowest BCUT2D eigenvalue weighted by Gasteiger charge is -2.15. The monoisotopic (exact) mass is 438 g/mol. The summed E-state index contributed by atoms with van der Waals surface area (Å²) in [6.45, 7) is 3.70. The predicted octanol–water partition coefficient (Wildman–Crippen LogP) is 2.43. The second-order valence-corrected chi connectivity index (χ2v) is 9.68. The van der Waals surface area contributed by atoms with Crippen molar-refractivity contribution in [1.29, 1.82) is 0 Å². The van der Waals surface area contributed by atoms with Crippen LogP contribution in [-0.2, 0) is 30.9 Å². The fourth-order valence-electron chi connectivity index (χ4n) is 3.57. The van der Waals surface area contributed by atoms with Crippen molar-refractivity contribution in [1.82, 2.24) is 15.1 Å². The Morgan fingerprint density at radius 3 is 2.48 bits per heavy atom. The Hall–Kier alpha value is -3.46. The maximum absolute atomic E-state index is 12.7. The van der Waals surface area contributed by atoms with E-state index in [0.29, 0.717) is 16.9 Å². The Morgan fingerprint density at radius 1 is 1.03 bits per heavy atom. The maximum atomic E-state index is 12.7. The van der Waals surface area contributed by atoms with Crippen LogP contribution in [0.25, 0.3) is 5.69 Å². The molecule has 1 aliphatic heterocycles. The van der Waals surface area contributed by atoms with Crippen molar-refractivity contribution in [2.24, 2.45) is 0 Å². The molecule has 0 spiro atoms. The van der Waals surface area contributed by atoms with Crippen LogP contribution in [0.5, 0.6) is 0 Å². The van der Waals surface area contributed by atoms with Gasteiger partial charge in [-0.05, 0) is 37.1 Å². The molecule has 0 fully saturated rings. The number of benzene rings is 2. The van der Waals surface area contributed by atoms with Crippen molar-refractivity contribution in [2.45, 2.75) is 31.4 Å². The zero-order valence-electron chi connectivity index (χ0n) is 17.1. The number of nitrogens with zero attached hydrogens (tertiary/aromatic N) is 2. The van der Waals surface area contributed by atoms with Crippen molar-refractivity contribution in [3.8, 4) is 5.69 Å². The van der Waals surface area contributed by atoms with E-state index in [0.717, 1.165) is 11.1 Å². The van der Waals surface area contributed by atoms with Gasteiger partial charge in [0.2, 0.25) is 0 Å². The van der Waals surface area contributed by atoms with E-state index >= 15 is 0 Å². The highest BCUT2D eigenvalue weighted by atomic mass is 32.2. The molecule has 0 bridgehead atoms. The van der Waals surface area contributed by atoms with E-state index in [-0.39, 0.29) is 23.4 Å². The second kappa shape index (κ2) is 7.99. The number of aromatic nitrogens is 2. The molecule has 1 atom stereocenters. The van der Waals surface area contributed by atoms with Crippen LogP contribution in [0.3, 0.4) is 0 Å². The van der Waals surface area contributed by atoms with Gasteiger partial charge in [-0.25, -0.2) is 13.1 Å². The van der Waals surface area contributed by atoms with Crippen LogP contribution in [0.15, 0.2) is 54.6 Å². The molecule has 8 nitrogen and oxygen atoms in total. The van der Waals surface area contributed by atoms with Crippen LogP contribution < -0.4 is 10.6 Å². The molecule has 31 heavy (non-hydrogen) atoms. The average molecular weight is 439 g/mol. The largest absolute Gasteiger partial charge is 0.341 e. The van der Waals surface area contributed by atoms with Gasteiger partial charge in [-0.15, -0.1) is 0 Å². The molecule has 2 amide bonds. The number of carbonyl (C=O) groups is 2. The summed E-state index contributed by atoms with van der Waals surface area (Å²) >= 11 is 0. The van der Waals surface area contributed by atoms with Gasteiger partial charge >= 0.3 is 11.8 Å². The standard InChI is InChI=1S/C22H22N4O4S/c1-14-7-6-10-17(11-14)26-20(18-12-31(29,30)13-19(18)25-26)24-22(28)21(27)23-15(2)16-8-4-3-5-9-16/h3-11,15H,12-13H2,1-2H3,(H,23,27)(H,24,28)/t15-/m1/s1. The molecule has 2 heterocycles. The zero-order valence-corrected chi connectivity index (χ0v) is 17.9. The fourth-order valence-corrected chi connectivity index (χ4v) is 5.06. The summed E-state index contributed by atoms with van der Waals surface area (Å²) in [4.78, 5) is 25.2. The lowest BCUT2D eigenvalue weighted by molar-refractivity contribution is -0.136. The first-order valence-corrected chi connectivity index (χ1v) is 11.6. The van der Waals surface area contributed by atoms with Crippen molar-refractivity contribution in [2.75, 3.05) is 5.32 Å². The predicted molar refractivity (Wildman–Crippen MR) is 116 cm³/mol. The molecular weight excluding hydrogens is 416 g/mol. The van der Waals surface area contributed by atoms with Gasteiger partial charge in [0, 0.05) is 5.56 Å². The summed E-state index contributed by atoms with van der Waals surface area (Å²) in [7, 11) is -3.33. The number of hydrogen-bond acceptors (Lipinski definition) is 5. The number of anilines is 1. The first-order chi connectivity index (χ1) is 14.7. The number of hydrogen-bond donors (Lipinski definition) is 2. The van der Waals surface area contributed by atoms with Crippen LogP contribution in [-0.4, -0.2) is 30.0 Å². The van der Waals surface area contributed by atoms with E-state index in [2.05, 4.69) is 15.7 Å². The smallest absolute Gasteiger partial charge is 0.314 e. The topological polar surface area (TPSA) is 110 Å². The molecule has 0 aliphatic carbocycles. The van der Waals surface area contributed by atoms with Crippen LogP contribution in [0, 0.1) is 6.92 Å². The first kappa shape index (κ1) is 20.8. The minimum absolute atomic E-state index is 0.193. The van der Waals surface area contributed by atoms with Gasteiger partial charge in [-0.2, -0.15) is 5.10 Å². The third kappa shape index (κ3) is 4.36. The highest BCUT2D eigenvalue weighted by molar-refractivity contribution is 7.90.